The molecule has 0 spiro atoms. The van der Waals surface area contributed by atoms with Gasteiger partial charge in [-0.2, -0.15) is 0 Å². The lowest BCUT2D eigenvalue weighted by Gasteiger charge is -2.30. The first kappa shape index (κ1) is 20.7. The van der Waals surface area contributed by atoms with Gasteiger partial charge < -0.3 is 15.0 Å². The van der Waals surface area contributed by atoms with E-state index in [1.54, 1.807) is 12.3 Å². The van der Waals surface area contributed by atoms with Crippen LogP contribution in [-0.4, -0.2) is 23.7 Å². The van der Waals surface area contributed by atoms with Crippen molar-refractivity contribution in [2.24, 2.45) is 0 Å². The number of hydrogen-bond donors (Lipinski definition) is 2. The third kappa shape index (κ3) is 5.27. The van der Waals surface area contributed by atoms with Crippen LogP contribution in [0.5, 0.6) is 5.75 Å². The molecule has 1 aromatic carbocycles. The van der Waals surface area contributed by atoms with Crippen molar-refractivity contribution in [1.29, 1.82) is 0 Å². The van der Waals surface area contributed by atoms with Gasteiger partial charge in [-0.3, -0.25) is 4.79 Å². The van der Waals surface area contributed by atoms with Gasteiger partial charge in [-0.25, -0.2) is 0 Å². The second-order valence-corrected chi connectivity index (χ2v) is 7.74. The fourth-order valence-corrected chi connectivity index (χ4v) is 3.99. The van der Waals surface area contributed by atoms with E-state index in [4.69, 9.17) is 16.3 Å². The summed E-state index contributed by atoms with van der Waals surface area (Å²) in [7, 11) is 0. The Balaban J connectivity index is 1.56. The van der Waals surface area contributed by atoms with Gasteiger partial charge in [0.1, 0.15) is 5.75 Å². The Morgan fingerprint density at radius 1 is 1.32 bits per heavy atom. The average molecular weight is 401 g/mol. The number of aromatic nitrogens is 1. The predicted octanol–water partition coefficient (Wildman–Crippen LogP) is 5.37. The Hall–Kier alpha value is -2.04. The Labute approximate surface area is 171 Å². The maximum absolute atomic E-state index is 11.9. The highest BCUT2D eigenvalue weighted by molar-refractivity contribution is 6.32. The largest absolute Gasteiger partial charge is 0.489 e. The molecule has 0 amide bonds. The molecule has 1 aromatic heterocycles. The van der Waals surface area contributed by atoms with Gasteiger partial charge in [0.2, 0.25) is 0 Å². The van der Waals surface area contributed by atoms with Crippen molar-refractivity contribution >= 4 is 22.4 Å². The van der Waals surface area contributed by atoms with Crippen LogP contribution in [-0.2, 0) is 0 Å². The summed E-state index contributed by atoms with van der Waals surface area (Å²) >= 11 is 6.36. The molecule has 0 atom stereocenters. The molecule has 3 rings (SSSR count). The third-order valence-electron chi connectivity index (χ3n) is 5.24. The normalized spacial score (nSPS) is 20.8. The Morgan fingerprint density at radius 2 is 2.11 bits per heavy atom. The topological polar surface area (TPSA) is 54.1 Å². The molecular weight excluding hydrogens is 372 g/mol. The molecule has 28 heavy (non-hydrogen) atoms. The van der Waals surface area contributed by atoms with Crippen LogP contribution in [0.25, 0.3) is 10.8 Å². The van der Waals surface area contributed by atoms with Gasteiger partial charge >= 0.3 is 0 Å². The highest BCUT2D eigenvalue weighted by Crippen LogP contribution is 2.32. The maximum Gasteiger partial charge on any atom is 0.255 e. The number of allylic oxidation sites excluding steroid dienone is 2. The number of pyridine rings is 1. The molecule has 0 unspecified atom stereocenters. The third-order valence-corrected chi connectivity index (χ3v) is 5.53. The van der Waals surface area contributed by atoms with Gasteiger partial charge in [0.15, 0.2) is 0 Å². The lowest BCUT2D eigenvalue weighted by Crippen LogP contribution is -2.37. The van der Waals surface area contributed by atoms with E-state index in [9.17, 15) is 4.79 Å². The van der Waals surface area contributed by atoms with Gasteiger partial charge in [-0.15, -0.1) is 0 Å². The number of nitrogens with one attached hydrogen (secondary N) is 2. The molecule has 150 valence electrons. The maximum atomic E-state index is 11.9. The Bertz CT molecular complexity index is 908. The lowest BCUT2D eigenvalue weighted by molar-refractivity contribution is 0.141. The number of aromatic amines is 1. The number of hydrogen-bond acceptors (Lipinski definition) is 3. The van der Waals surface area contributed by atoms with Crippen LogP contribution in [0.4, 0.5) is 0 Å². The first-order chi connectivity index (χ1) is 13.6. The van der Waals surface area contributed by atoms with Crippen LogP contribution >= 0.6 is 11.6 Å². The van der Waals surface area contributed by atoms with E-state index in [0.717, 1.165) is 44.0 Å². The van der Waals surface area contributed by atoms with E-state index in [2.05, 4.69) is 42.4 Å². The molecule has 2 N–H and O–H groups in total. The molecule has 1 saturated carbocycles. The molecule has 2 aromatic rings. The van der Waals surface area contributed by atoms with E-state index in [0.29, 0.717) is 22.2 Å². The van der Waals surface area contributed by atoms with Gasteiger partial charge in [-0.1, -0.05) is 36.8 Å². The summed E-state index contributed by atoms with van der Waals surface area (Å²) in [6.45, 7) is 5.14. The molecule has 1 aliphatic rings. The number of H-pyrrole nitrogens is 1. The second-order valence-electron chi connectivity index (χ2n) is 7.34. The van der Waals surface area contributed by atoms with Crippen molar-refractivity contribution in [3.05, 3.63) is 63.6 Å². The summed E-state index contributed by atoms with van der Waals surface area (Å²) in [6.07, 6.45) is 13.6. The highest BCUT2D eigenvalue weighted by atomic mass is 35.5. The van der Waals surface area contributed by atoms with Crippen LogP contribution in [0.1, 0.15) is 46.0 Å². The van der Waals surface area contributed by atoms with Crippen LogP contribution in [0, 0.1) is 0 Å². The molecule has 0 bridgehead atoms. The molecule has 1 aliphatic carbocycles. The summed E-state index contributed by atoms with van der Waals surface area (Å²) < 4.78 is 6.19. The second kappa shape index (κ2) is 9.94. The summed E-state index contributed by atoms with van der Waals surface area (Å²) in [5, 5.41) is 5.60. The molecule has 5 heteroatoms. The van der Waals surface area contributed by atoms with E-state index >= 15 is 0 Å². The monoisotopic (exact) mass is 400 g/mol. The first-order valence-electron chi connectivity index (χ1n) is 10.1. The van der Waals surface area contributed by atoms with E-state index in [-0.39, 0.29) is 11.7 Å². The molecular formula is C23H29ClN2O2. The van der Waals surface area contributed by atoms with Crippen molar-refractivity contribution in [2.75, 3.05) is 6.54 Å². The minimum atomic E-state index is -0.132. The van der Waals surface area contributed by atoms with Crippen molar-refractivity contribution in [3.8, 4) is 5.75 Å². The summed E-state index contributed by atoms with van der Waals surface area (Å²) in [4.78, 5) is 14.6. The van der Waals surface area contributed by atoms with Crippen molar-refractivity contribution in [3.63, 3.8) is 0 Å². The van der Waals surface area contributed by atoms with Crippen LogP contribution < -0.4 is 15.6 Å². The number of fused-ring (bicyclic) bond motifs is 1. The average Bonchev–Trinajstić information content (AvgIpc) is 2.69. The zero-order valence-corrected chi connectivity index (χ0v) is 17.4. The van der Waals surface area contributed by atoms with E-state index in [1.165, 1.54) is 5.57 Å². The summed E-state index contributed by atoms with van der Waals surface area (Å²) in [5.41, 5.74) is 1.22. The molecule has 0 aliphatic heterocycles. The van der Waals surface area contributed by atoms with Crippen molar-refractivity contribution in [1.82, 2.24) is 10.3 Å². The smallest absolute Gasteiger partial charge is 0.255 e. The Morgan fingerprint density at radius 3 is 2.82 bits per heavy atom. The van der Waals surface area contributed by atoms with Gasteiger partial charge in [0.05, 0.1) is 11.1 Å². The van der Waals surface area contributed by atoms with Crippen LogP contribution in [0.2, 0.25) is 5.02 Å². The molecule has 1 heterocycles. The fourth-order valence-electron chi connectivity index (χ4n) is 3.78. The number of rotatable bonds is 7. The predicted molar refractivity (Wildman–Crippen MR) is 117 cm³/mol. The Kier molecular flexibility index (Phi) is 7.35. The molecule has 4 nitrogen and oxygen atoms in total. The number of ether oxygens (including phenoxy) is 1. The van der Waals surface area contributed by atoms with Gasteiger partial charge in [0.25, 0.3) is 5.56 Å². The van der Waals surface area contributed by atoms with Crippen molar-refractivity contribution in [2.45, 2.75) is 58.1 Å². The van der Waals surface area contributed by atoms with Crippen molar-refractivity contribution < 1.29 is 4.74 Å². The first-order valence-corrected chi connectivity index (χ1v) is 10.5. The van der Waals surface area contributed by atoms with E-state index in [1.807, 2.05) is 12.1 Å². The SMILES string of the molecule is C/C=C\C(=C/CC)CNC1CCC(Oc2cc3cc[nH]c(=O)c3cc2Cl)CC1. The lowest BCUT2D eigenvalue weighted by atomic mass is 9.92. The number of halogens is 1. The quantitative estimate of drug-likeness (QED) is 0.614. The van der Waals surface area contributed by atoms with E-state index < -0.39 is 0 Å². The van der Waals surface area contributed by atoms with Gasteiger partial charge in [0, 0.05) is 24.2 Å². The van der Waals surface area contributed by atoms with Crippen LogP contribution in [0.3, 0.4) is 0 Å². The minimum Gasteiger partial charge on any atom is -0.489 e. The highest BCUT2D eigenvalue weighted by Gasteiger charge is 2.23. The van der Waals surface area contributed by atoms with Crippen LogP contribution in [0.15, 0.2) is 53.0 Å². The summed E-state index contributed by atoms with van der Waals surface area (Å²) in [6, 6.07) is 5.96. The zero-order valence-electron chi connectivity index (χ0n) is 16.6. The zero-order chi connectivity index (χ0) is 19.9. The minimum absolute atomic E-state index is 0.132. The number of benzene rings is 1. The molecule has 0 radical (unpaired) electrons. The molecule has 0 saturated heterocycles. The molecule has 1 fully saturated rings. The summed E-state index contributed by atoms with van der Waals surface area (Å²) in [5.74, 6) is 0.664. The van der Waals surface area contributed by atoms with Gasteiger partial charge in [-0.05, 0) is 68.2 Å². The fraction of sp³-hybridized carbons (Fsp3) is 0.435. The standard InChI is InChI=1S/C23H29ClN2O2/c1-3-5-16(6-4-2)15-26-18-7-9-19(10-8-18)28-22-13-17-11-12-25-23(27)20(17)14-21(22)24/h3,5-6,11-14,18-19,26H,4,7-10,15H2,1-2H3,(H,25,27)/b5-3-,16-6+.